The van der Waals surface area contributed by atoms with Crippen LogP contribution in [-0.2, 0) is 6.18 Å². The number of ether oxygens (including phenoxy) is 1. The third kappa shape index (κ3) is 3.23. The zero-order valence-corrected chi connectivity index (χ0v) is 8.51. The minimum absolute atomic E-state index is 0.155. The summed E-state index contributed by atoms with van der Waals surface area (Å²) in [5, 5.41) is 0. The smallest absolute Gasteiger partial charge is 0.433 e. The van der Waals surface area contributed by atoms with E-state index in [2.05, 4.69) is 9.97 Å². The van der Waals surface area contributed by atoms with Gasteiger partial charge in [-0.15, -0.1) is 0 Å². The lowest BCUT2D eigenvalue weighted by atomic mass is 10.4. The van der Waals surface area contributed by atoms with Gasteiger partial charge in [-0.05, 0) is 6.42 Å². The van der Waals surface area contributed by atoms with Crippen LogP contribution in [-0.4, -0.2) is 16.6 Å². The molecule has 0 spiro atoms. The fourth-order valence-corrected chi connectivity index (χ4v) is 0.915. The first kappa shape index (κ1) is 12.5. The number of hydrogen-bond donors (Lipinski definition) is 2. The number of nitrogens with two attached hydrogens (primary N) is 1. The van der Waals surface area contributed by atoms with Crippen molar-refractivity contribution in [1.29, 1.82) is 0 Å². The van der Waals surface area contributed by atoms with Crippen molar-refractivity contribution in [2.45, 2.75) is 19.5 Å². The maximum atomic E-state index is 12.4. The number of alkyl halides is 3. The van der Waals surface area contributed by atoms with Gasteiger partial charge in [-0.3, -0.25) is 5.43 Å². The lowest BCUT2D eigenvalue weighted by Gasteiger charge is -2.10. The average molecular weight is 236 g/mol. The number of hydrazine groups is 1. The van der Waals surface area contributed by atoms with Crippen LogP contribution >= 0.6 is 0 Å². The number of halogens is 3. The Hall–Kier alpha value is -1.57. The Labute approximate surface area is 89.8 Å². The molecule has 1 aromatic heterocycles. The molecule has 0 aliphatic rings. The molecule has 1 heterocycles. The molecule has 0 unspecified atom stereocenters. The highest BCUT2D eigenvalue weighted by Gasteiger charge is 2.34. The van der Waals surface area contributed by atoms with Crippen LogP contribution in [0.3, 0.4) is 0 Å². The van der Waals surface area contributed by atoms with Gasteiger partial charge >= 0.3 is 6.18 Å². The number of anilines is 1. The minimum atomic E-state index is -4.56. The predicted molar refractivity (Wildman–Crippen MR) is 50.6 cm³/mol. The van der Waals surface area contributed by atoms with Crippen molar-refractivity contribution in [1.82, 2.24) is 9.97 Å². The fraction of sp³-hybridized carbons (Fsp3) is 0.500. The molecule has 1 aromatic rings. The van der Waals surface area contributed by atoms with Crippen molar-refractivity contribution in [3.8, 4) is 5.88 Å². The molecule has 0 fully saturated rings. The third-order valence-electron chi connectivity index (χ3n) is 1.58. The van der Waals surface area contributed by atoms with Crippen molar-refractivity contribution in [2.75, 3.05) is 12.0 Å². The highest BCUT2D eigenvalue weighted by Crippen LogP contribution is 2.30. The largest absolute Gasteiger partial charge is 0.478 e. The van der Waals surface area contributed by atoms with Crippen molar-refractivity contribution in [2.24, 2.45) is 5.84 Å². The Morgan fingerprint density at radius 1 is 1.44 bits per heavy atom. The lowest BCUT2D eigenvalue weighted by Crippen LogP contribution is -2.16. The first-order valence-electron chi connectivity index (χ1n) is 4.53. The van der Waals surface area contributed by atoms with Crippen LogP contribution in [0, 0.1) is 0 Å². The first-order chi connectivity index (χ1) is 7.47. The summed E-state index contributed by atoms with van der Waals surface area (Å²) >= 11 is 0. The summed E-state index contributed by atoms with van der Waals surface area (Å²) in [6, 6.07) is 0.733. The molecule has 0 aromatic carbocycles. The molecule has 0 bridgehead atoms. The van der Waals surface area contributed by atoms with E-state index in [1.54, 1.807) is 0 Å². The van der Waals surface area contributed by atoms with Gasteiger partial charge in [-0.25, -0.2) is 10.8 Å². The number of aromatic nitrogens is 2. The zero-order chi connectivity index (χ0) is 12.2. The fourth-order valence-electron chi connectivity index (χ4n) is 0.915. The predicted octanol–water partition coefficient (Wildman–Crippen LogP) is 1.57. The molecule has 16 heavy (non-hydrogen) atoms. The average Bonchev–Trinajstić information content (AvgIpc) is 2.24. The number of nitrogens with one attached hydrogen (secondary N) is 1. The van der Waals surface area contributed by atoms with E-state index < -0.39 is 11.9 Å². The van der Waals surface area contributed by atoms with Crippen LogP contribution in [0.25, 0.3) is 0 Å². The van der Waals surface area contributed by atoms with Crippen LogP contribution in [0.15, 0.2) is 6.07 Å². The minimum Gasteiger partial charge on any atom is -0.478 e. The van der Waals surface area contributed by atoms with Crippen LogP contribution in [0.1, 0.15) is 19.0 Å². The summed E-state index contributed by atoms with van der Waals surface area (Å²) in [4.78, 5) is 6.81. The van der Waals surface area contributed by atoms with E-state index in [4.69, 9.17) is 10.6 Å². The summed E-state index contributed by atoms with van der Waals surface area (Å²) in [6.45, 7) is 2.10. The van der Waals surface area contributed by atoms with Gasteiger partial charge in [0.1, 0.15) is 0 Å². The molecule has 8 heteroatoms. The molecule has 0 saturated heterocycles. The normalized spacial score (nSPS) is 11.3. The molecule has 3 N–H and O–H groups in total. The molecule has 0 amide bonds. The van der Waals surface area contributed by atoms with E-state index >= 15 is 0 Å². The van der Waals surface area contributed by atoms with Gasteiger partial charge in [-0.1, -0.05) is 6.92 Å². The van der Waals surface area contributed by atoms with Gasteiger partial charge in [0.25, 0.3) is 0 Å². The SMILES string of the molecule is CCCOc1cc(C(F)(F)F)nc(NN)n1. The van der Waals surface area contributed by atoms with Gasteiger partial charge < -0.3 is 4.74 Å². The Kier molecular flexibility index (Phi) is 3.88. The molecular weight excluding hydrogens is 225 g/mol. The lowest BCUT2D eigenvalue weighted by molar-refractivity contribution is -0.141. The maximum absolute atomic E-state index is 12.4. The summed E-state index contributed by atoms with van der Waals surface area (Å²) in [7, 11) is 0. The molecule has 0 radical (unpaired) electrons. The van der Waals surface area contributed by atoms with Crippen LogP contribution in [0.4, 0.5) is 19.1 Å². The van der Waals surface area contributed by atoms with Gasteiger partial charge in [-0.2, -0.15) is 18.2 Å². The van der Waals surface area contributed by atoms with Gasteiger partial charge in [0.05, 0.1) is 6.61 Å². The molecule has 0 aliphatic carbocycles. The second-order valence-electron chi connectivity index (χ2n) is 2.91. The second kappa shape index (κ2) is 4.97. The Morgan fingerprint density at radius 2 is 2.12 bits per heavy atom. The van der Waals surface area contributed by atoms with E-state index in [0.717, 1.165) is 6.07 Å². The molecule has 0 aliphatic heterocycles. The maximum Gasteiger partial charge on any atom is 0.433 e. The molecule has 5 nitrogen and oxygen atoms in total. The van der Waals surface area contributed by atoms with Crippen molar-refractivity contribution < 1.29 is 17.9 Å². The first-order valence-corrected chi connectivity index (χ1v) is 4.53. The summed E-state index contributed by atoms with van der Waals surface area (Å²) in [5.41, 5.74) is 0.858. The summed E-state index contributed by atoms with van der Waals surface area (Å²) in [5.74, 6) is 4.47. The van der Waals surface area contributed by atoms with Crippen molar-refractivity contribution in [3.05, 3.63) is 11.8 Å². The number of nitrogens with zero attached hydrogens (tertiary/aromatic N) is 2. The quantitative estimate of drug-likeness (QED) is 0.613. The van der Waals surface area contributed by atoms with Crippen LogP contribution in [0.5, 0.6) is 5.88 Å². The van der Waals surface area contributed by atoms with Crippen LogP contribution < -0.4 is 16.0 Å². The van der Waals surface area contributed by atoms with E-state index in [9.17, 15) is 13.2 Å². The Balaban J connectivity index is 3.01. The zero-order valence-electron chi connectivity index (χ0n) is 8.51. The molecule has 0 saturated carbocycles. The number of hydrogen-bond acceptors (Lipinski definition) is 5. The number of rotatable bonds is 4. The molecular formula is C8H11F3N4O. The topological polar surface area (TPSA) is 73.1 Å². The monoisotopic (exact) mass is 236 g/mol. The molecule has 0 atom stereocenters. The van der Waals surface area contributed by atoms with Crippen molar-refractivity contribution in [3.63, 3.8) is 0 Å². The molecule has 90 valence electrons. The highest BCUT2D eigenvalue weighted by molar-refractivity contribution is 5.30. The number of nitrogen functional groups attached to an aromatic ring is 1. The van der Waals surface area contributed by atoms with Gasteiger partial charge in [0.15, 0.2) is 5.69 Å². The van der Waals surface area contributed by atoms with Gasteiger partial charge in [0, 0.05) is 6.07 Å². The van der Waals surface area contributed by atoms with Crippen LogP contribution in [0.2, 0.25) is 0 Å². The third-order valence-corrected chi connectivity index (χ3v) is 1.58. The Morgan fingerprint density at radius 3 is 2.62 bits per heavy atom. The van der Waals surface area contributed by atoms with E-state index in [1.165, 1.54) is 0 Å². The summed E-state index contributed by atoms with van der Waals surface area (Å²) in [6.07, 6.45) is -3.89. The van der Waals surface area contributed by atoms with E-state index in [1.807, 2.05) is 12.3 Å². The van der Waals surface area contributed by atoms with Crippen molar-refractivity contribution >= 4 is 5.95 Å². The second-order valence-corrected chi connectivity index (χ2v) is 2.91. The summed E-state index contributed by atoms with van der Waals surface area (Å²) < 4.78 is 42.2. The molecule has 1 rings (SSSR count). The van der Waals surface area contributed by atoms with Gasteiger partial charge in [0.2, 0.25) is 11.8 Å². The Bertz CT molecular complexity index is 356. The van der Waals surface area contributed by atoms with E-state index in [-0.39, 0.29) is 18.4 Å². The standard InChI is InChI=1S/C8H11F3N4O/c1-2-3-16-6-4-5(8(9,10)11)13-7(14-6)15-12/h4H,2-3,12H2,1H3,(H,13,14,15). The van der Waals surface area contributed by atoms with E-state index in [0.29, 0.717) is 6.42 Å². The highest BCUT2D eigenvalue weighted by atomic mass is 19.4.